The molecule has 0 radical (unpaired) electrons. The normalized spacial score (nSPS) is 10.9. The van der Waals surface area contributed by atoms with E-state index in [1.54, 1.807) is 18.3 Å². The Kier molecular flexibility index (Phi) is 3.61. The van der Waals surface area contributed by atoms with Gasteiger partial charge in [-0.25, -0.2) is 4.79 Å². The molecule has 0 fully saturated rings. The minimum atomic E-state index is -0.580. The van der Waals surface area contributed by atoms with Crippen molar-refractivity contribution in [2.75, 3.05) is 0 Å². The quantitative estimate of drug-likeness (QED) is 0.895. The van der Waals surface area contributed by atoms with Crippen molar-refractivity contribution >= 4 is 11.3 Å². The van der Waals surface area contributed by atoms with Gasteiger partial charge in [0.05, 0.1) is 12.1 Å². The Morgan fingerprint density at radius 2 is 2.05 bits per heavy atom. The van der Waals surface area contributed by atoms with E-state index in [-0.39, 0.29) is 18.0 Å². The molecular formula is C13H16N2O3S. The molecule has 2 N–H and O–H groups in total. The Morgan fingerprint density at radius 1 is 1.37 bits per heavy atom. The van der Waals surface area contributed by atoms with E-state index in [9.17, 15) is 14.7 Å². The first-order valence-corrected chi connectivity index (χ1v) is 6.86. The third-order valence-corrected chi connectivity index (χ3v) is 4.29. The van der Waals surface area contributed by atoms with Crippen molar-refractivity contribution in [3.8, 4) is 5.88 Å². The molecule has 0 aliphatic rings. The van der Waals surface area contributed by atoms with Gasteiger partial charge in [0.1, 0.15) is 0 Å². The van der Waals surface area contributed by atoms with E-state index in [2.05, 4.69) is 4.98 Å². The Balaban J connectivity index is 2.51. The third-order valence-electron chi connectivity index (χ3n) is 3.15. The zero-order chi connectivity index (χ0) is 14.2. The fraction of sp³-hybridized carbons (Fsp3) is 0.385. The van der Waals surface area contributed by atoms with Gasteiger partial charge in [-0.15, -0.1) is 11.3 Å². The average molecular weight is 280 g/mol. The van der Waals surface area contributed by atoms with E-state index in [0.717, 1.165) is 10.4 Å². The molecule has 0 aliphatic heterocycles. The zero-order valence-corrected chi connectivity index (χ0v) is 11.9. The lowest BCUT2D eigenvalue weighted by Gasteiger charge is -2.09. The summed E-state index contributed by atoms with van der Waals surface area (Å²) in [4.78, 5) is 27.7. The summed E-state index contributed by atoms with van der Waals surface area (Å²) in [5.41, 5.74) is 0.306. The van der Waals surface area contributed by atoms with Gasteiger partial charge in [-0.2, -0.15) is 0 Å². The van der Waals surface area contributed by atoms with Crippen molar-refractivity contribution in [3.05, 3.63) is 47.8 Å². The van der Waals surface area contributed by atoms with Crippen LogP contribution in [0.5, 0.6) is 5.88 Å². The van der Waals surface area contributed by atoms with Crippen molar-refractivity contribution < 1.29 is 5.11 Å². The number of rotatable bonds is 3. The molecule has 2 heterocycles. The summed E-state index contributed by atoms with van der Waals surface area (Å²) in [5, 5.41) is 10.0. The predicted molar refractivity (Wildman–Crippen MR) is 75.3 cm³/mol. The van der Waals surface area contributed by atoms with Gasteiger partial charge in [-0.05, 0) is 31.9 Å². The molecule has 2 aromatic heterocycles. The summed E-state index contributed by atoms with van der Waals surface area (Å²) in [7, 11) is 0. The second kappa shape index (κ2) is 5.05. The lowest BCUT2D eigenvalue weighted by Crippen LogP contribution is -2.32. The third kappa shape index (κ3) is 2.49. The molecule has 0 bridgehead atoms. The number of aromatic nitrogens is 2. The smallest absolute Gasteiger partial charge is 0.331 e. The molecule has 0 saturated heterocycles. The topological polar surface area (TPSA) is 75.1 Å². The minimum Gasteiger partial charge on any atom is -0.494 e. The predicted octanol–water partition coefficient (Wildman–Crippen LogP) is 1.53. The Labute approximate surface area is 114 Å². The van der Waals surface area contributed by atoms with Crippen LogP contribution in [-0.4, -0.2) is 14.7 Å². The van der Waals surface area contributed by atoms with E-state index in [1.165, 1.54) is 9.44 Å². The van der Waals surface area contributed by atoms with E-state index in [4.69, 9.17) is 0 Å². The van der Waals surface area contributed by atoms with Crippen molar-refractivity contribution in [2.45, 2.75) is 33.7 Å². The zero-order valence-electron chi connectivity index (χ0n) is 11.1. The first-order valence-electron chi connectivity index (χ1n) is 6.05. The van der Waals surface area contributed by atoms with Gasteiger partial charge in [-0.3, -0.25) is 14.3 Å². The molecule has 2 rings (SSSR count). The van der Waals surface area contributed by atoms with Crippen LogP contribution in [0, 0.1) is 13.8 Å². The molecule has 2 aromatic rings. The first-order chi connectivity index (χ1) is 8.93. The molecule has 0 aliphatic carbocycles. The SMILES string of the molecule is CCc1c(O)n(Cc2cc(C)c(C)s2)c(=O)[nH]c1=O. The van der Waals surface area contributed by atoms with Gasteiger partial charge < -0.3 is 5.11 Å². The molecule has 102 valence electrons. The maximum atomic E-state index is 11.8. The Morgan fingerprint density at radius 3 is 2.58 bits per heavy atom. The van der Waals surface area contributed by atoms with E-state index >= 15 is 0 Å². The number of aromatic hydroxyl groups is 1. The average Bonchev–Trinajstić information content (AvgIpc) is 2.64. The molecule has 0 amide bonds. The van der Waals surface area contributed by atoms with Crippen molar-refractivity contribution in [3.63, 3.8) is 0 Å². The molecule has 0 atom stereocenters. The van der Waals surface area contributed by atoms with E-state index in [0.29, 0.717) is 6.42 Å². The highest BCUT2D eigenvalue weighted by Gasteiger charge is 2.13. The van der Waals surface area contributed by atoms with Crippen LogP contribution in [0.25, 0.3) is 0 Å². The number of aryl methyl sites for hydroxylation is 2. The number of aromatic amines is 1. The van der Waals surface area contributed by atoms with Crippen LogP contribution < -0.4 is 11.2 Å². The van der Waals surface area contributed by atoms with Gasteiger partial charge in [-0.1, -0.05) is 6.92 Å². The Bertz CT molecular complexity index is 705. The molecule has 6 heteroatoms. The van der Waals surface area contributed by atoms with Crippen LogP contribution in [0.2, 0.25) is 0 Å². The summed E-state index contributed by atoms with van der Waals surface area (Å²) >= 11 is 1.58. The highest BCUT2D eigenvalue weighted by Crippen LogP contribution is 2.22. The summed E-state index contributed by atoms with van der Waals surface area (Å²) < 4.78 is 1.20. The molecule has 0 spiro atoms. The maximum Gasteiger partial charge on any atom is 0.331 e. The fourth-order valence-electron chi connectivity index (χ4n) is 1.95. The summed E-state index contributed by atoms with van der Waals surface area (Å²) in [5.74, 6) is -0.236. The van der Waals surface area contributed by atoms with Gasteiger partial charge in [0.15, 0.2) is 0 Å². The second-order valence-corrected chi connectivity index (χ2v) is 5.79. The van der Waals surface area contributed by atoms with Crippen molar-refractivity contribution in [1.29, 1.82) is 0 Å². The van der Waals surface area contributed by atoms with Gasteiger partial charge in [0.25, 0.3) is 5.56 Å². The number of nitrogens with zero attached hydrogens (tertiary/aromatic N) is 1. The summed E-state index contributed by atoms with van der Waals surface area (Å²) in [6.07, 6.45) is 0.379. The van der Waals surface area contributed by atoms with Gasteiger partial charge in [0, 0.05) is 9.75 Å². The highest BCUT2D eigenvalue weighted by atomic mass is 32.1. The highest BCUT2D eigenvalue weighted by molar-refractivity contribution is 7.12. The van der Waals surface area contributed by atoms with Gasteiger partial charge in [0.2, 0.25) is 5.88 Å². The number of nitrogens with one attached hydrogen (secondary N) is 1. The second-order valence-electron chi connectivity index (χ2n) is 4.45. The maximum absolute atomic E-state index is 11.8. The van der Waals surface area contributed by atoms with Crippen LogP contribution in [0.3, 0.4) is 0 Å². The monoisotopic (exact) mass is 280 g/mol. The number of H-pyrrole nitrogens is 1. The van der Waals surface area contributed by atoms with Crippen molar-refractivity contribution in [2.24, 2.45) is 0 Å². The molecule has 5 nitrogen and oxygen atoms in total. The summed E-state index contributed by atoms with van der Waals surface area (Å²) in [6.45, 7) is 6.05. The van der Waals surface area contributed by atoms with Crippen LogP contribution >= 0.6 is 11.3 Å². The van der Waals surface area contributed by atoms with Crippen molar-refractivity contribution in [1.82, 2.24) is 9.55 Å². The van der Waals surface area contributed by atoms with Crippen LogP contribution in [0.1, 0.15) is 27.8 Å². The van der Waals surface area contributed by atoms with Crippen LogP contribution in [-0.2, 0) is 13.0 Å². The Hall–Kier alpha value is -1.82. The molecule has 0 aromatic carbocycles. The lowest BCUT2D eigenvalue weighted by molar-refractivity contribution is 0.402. The first kappa shape index (κ1) is 13.6. The van der Waals surface area contributed by atoms with E-state index in [1.807, 2.05) is 19.9 Å². The molecule has 0 unspecified atom stereocenters. The molecular weight excluding hydrogens is 264 g/mol. The number of thiophene rings is 1. The van der Waals surface area contributed by atoms with Crippen LogP contribution in [0.4, 0.5) is 0 Å². The molecule has 19 heavy (non-hydrogen) atoms. The lowest BCUT2D eigenvalue weighted by atomic mass is 10.2. The van der Waals surface area contributed by atoms with Gasteiger partial charge >= 0.3 is 5.69 Å². The molecule has 0 saturated carbocycles. The van der Waals surface area contributed by atoms with Crippen LogP contribution in [0.15, 0.2) is 15.7 Å². The van der Waals surface area contributed by atoms with E-state index < -0.39 is 11.2 Å². The number of hydrogen-bond donors (Lipinski definition) is 2. The fourth-order valence-corrected chi connectivity index (χ4v) is 2.99. The largest absolute Gasteiger partial charge is 0.494 e. The summed E-state index contributed by atoms with van der Waals surface area (Å²) in [6, 6.07) is 1.99. The standard InChI is InChI=1S/C13H16N2O3S/c1-4-10-11(16)14-13(18)15(12(10)17)6-9-5-7(2)8(3)19-9/h5,17H,4,6H2,1-3H3,(H,14,16,18). The number of hydrogen-bond acceptors (Lipinski definition) is 4. The minimum absolute atomic E-state index is 0.236.